The lowest BCUT2D eigenvalue weighted by atomic mass is 10.3. The van der Waals surface area contributed by atoms with E-state index in [2.05, 4.69) is 37.9 Å². The number of rotatable bonds is 5. The largest absolute Gasteiger partial charge is 0.451 e. The van der Waals surface area contributed by atoms with Gasteiger partial charge in [-0.2, -0.15) is 11.8 Å². The summed E-state index contributed by atoms with van der Waals surface area (Å²) in [5, 5.41) is 3.37. The molecular weight excluding hydrogens is 230 g/mol. The van der Waals surface area contributed by atoms with Crippen LogP contribution in [0.4, 0.5) is 0 Å². The maximum absolute atomic E-state index is 5.53. The number of hydrogen-bond acceptors (Lipinski definition) is 3. The van der Waals surface area contributed by atoms with Crippen molar-refractivity contribution in [2.24, 2.45) is 0 Å². The van der Waals surface area contributed by atoms with Gasteiger partial charge in [0, 0.05) is 17.0 Å². The molecule has 0 bridgehead atoms. The Hall–Kier alpha value is -0.850. The lowest BCUT2D eigenvalue weighted by molar-refractivity contribution is 0.479. The van der Waals surface area contributed by atoms with Crippen molar-refractivity contribution in [2.75, 3.05) is 12.3 Å². The highest BCUT2D eigenvalue weighted by atomic mass is 32.2. The molecule has 2 nitrogen and oxygen atoms in total. The molecule has 94 valence electrons. The van der Waals surface area contributed by atoms with Crippen molar-refractivity contribution >= 4 is 11.8 Å². The molecule has 0 spiro atoms. The summed E-state index contributed by atoms with van der Waals surface area (Å²) in [7, 11) is 0. The maximum atomic E-state index is 5.53. The number of nitrogens with one attached hydrogen (secondary N) is 1. The molecule has 0 fully saturated rings. The van der Waals surface area contributed by atoms with Gasteiger partial charge in [0.2, 0.25) is 0 Å². The van der Waals surface area contributed by atoms with E-state index in [1.807, 2.05) is 30.8 Å². The van der Waals surface area contributed by atoms with E-state index in [1.165, 1.54) is 0 Å². The molecule has 0 saturated heterocycles. The topological polar surface area (TPSA) is 25.2 Å². The average molecular weight is 251 g/mol. The van der Waals surface area contributed by atoms with E-state index in [1.54, 1.807) is 0 Å². The average Bonchev–Trinajstić information content (AvgIpc) is 2.64. The van der Waals surface area contributed by atoms with Gasteiger partial charge in [-0.3, -0.25) is 0 Å². The van der Waals surface area contributed by atoms with E-state index in [-0.39, 0.29) is 0 Å². The minimum Gasteiger partial charge on any atom is -0.451 e. The second kappa shape index (κ2) is 6.78. The van der Waals surface area contributed by atoms with E-state index >= 15 is 0 Å². The van der Waals surface area contributed by atoms with Crippen LogP contribution in [0.5, 0.6) is 0 Å². The molecule has 1 aromatic heterocycles. The Morgan fingerprint density at radius 2 is 2.12 bits per heavy atom. The van der Waals surface area contributed by atoms with Gasteiger partial charge >= 0.3 is 0 Å². The van der Waals surface area contributed by atoms with Crippen LogP contribution in [0, 0.1) is 11.8 Å². The highest BCUT2D eigenvalue weighted by molar-refractivity contribution is 8.00. The van der Waals surface area contributed by atoms with E-state index in [4.69, 9.17) is 4.42 Å². The van der Waals surface area contributed by atoms with E-state index in [9.17, 15) is 0 Å². The summed E-state index contributed by atoms with van der Waals surface area (Å²) in [5.74, 6) is 8.53. The summed E-state index contributed by atoms with van der Waals surface area (Å²) in [4.78, 5) is 0. The summed E-state index contributed by atoms with van der Waals surface area (Å²) in [6, 6.07) is 3.89. The first-order chi connectivity index (χ1) is 8.01. The van der Waals surface area contributed by atoms with Crippen molar-refractivity contribution in [3.8, 4) is 11.8 Å². The normalized spacial score (nSPS) is 11.1. The summed E-state index contributed by atoms with van der Waals surface area (Å²) in [6.45, 7) is 10.3. The van der Waals surface area contributed by atoms with Gasteiger partial charge in [-0.1, -0.05) is 26.7 Å². The standard InChI is InChI=1S/C14H21NOS/c1-5-6-12-7-8-13(16-12)11-15-9-10-17-14(2,3)4/h7-8,15H,9-11H2,1-4H3. The Balaban J connectivity index is 2.19. The fraction of sp³-hybridized carbons (Fsp3) is 0.571. The summed E-state index contributed by atoms with van der Waals surface area (Å²) in [5.41, 5.74) is 0. The quantitative estimate of drug-likeness (QED) is 0.642. The summed E-state index contributed by atoms with van der Waals surface area (Å²) >= 11 is 1.97. The molecule has 0 unspecified atom stereocenters. The molecule has 1 rings (SSSR count). The smallest absolute Gasteiger partial charge is 0.177 e. The minimum atomic E-state index is 0.343. The molecule has 0 saturated carbocycles. The SMILES string of the molecule is CC#Cc1ccc(CNCCSC(C)(C)C)o1. The highest BCUT2D eigenvalue weighted by Crippen LogP contribution is 2.22. The van der Waals surface area contributed by atoms with Crippen LogP contribution < -0.4 is 5.32 Å². The molecule has 0 amide bonds. The van der Waals surface area contributed by atoms with Crippen molar-refractivity contribution in [3.63, 3.8) is 0 Å². The Kier molecular flexibility index (Phi) is 5.67. The molecular formula is C14H21NOS. The van der Waals surface area contributed by atoms with Crippen molar-refractivity contribution in [1.29, 1.82) is 0 Å². The predicted molar refractivity (Wildman–Crippen MR) is 75.2 cm³/mol. The van der Waals surface area contributed by atoms with Crippen LogP contribution in [0.2, 0.25) is 0 Å². The van der Waals surface area contributed by atoms with Gasteiger partial charge in [0.1, 0.15) is 5.76 Å². The van der Waals surface area contributed by atoms with Crippen molar-refractivity contribution in [1.82, 2.24) is 5.32 Å². The third-order valence-corrected chi connectivity index (χ3v) is 3.30. The Morgan fingerprint density at radius 1 is 1.35 bits per heavy atom. The Morgan fingerprint density at radius 3 is 2.76 bits per heavy atom. The third kappa shape index (κ3) is 6.45. The zero-order valence-corrected chi connectivity index (χ0v) is 11.9. The lowest BCUT2D eigenvalue weighted by Gasteiger charge is -2.17. The fourth-order valence-corrected chi connectivity index (χ4v) is 2.16. The molecule has 0 radical (unpaired) electrons. The van der Waals surface area contributed by atoms with Crippen molar-refractivity contribution in [3.05, 3.63) is 23.7 Å². The van der Waals surface area contributed by atoms with Gasteiger partial charge in [0.25, 0.3) is 0 Å². The molecule has 1 N–H and O–H groups in total. The first-order valence-corrected chi connectivity index (χ1v) is 6.86. The highest BCUT2D eigenvalue weighted by Gasteiger charge is 2.09. The molecule has 1 heterocycles. The Labute approximate surface area is 109 Å². The summed E-state index contributed by atoms with van der Waals surface area (Å²) < 4.78 is 5.87. The molecule has 0 atom stereocenters. The molecule has 3 heteroatoms. The fourth-order valence-electron chi connectivity index (χ4n) is 1.30. The third-order valence-electron chi connectivity index (χ3n) is 2.02. The Bertz CT molecular complexity index is 392. The predicted octanol–water partition coefficient (Wildman–Crippen LogP) is 3.27. The van der Waals surface area contributed by atoms with E-state index in [0.29, 0.717) is 4.75 Å². The summed E-state index contributed by atoms with van der Waals surface area (Å²) in [6.07, 6.45) is 0. The van der Waals surface area contributed by atoms with Crippen LogP contribution in [0.1, 0.15) is 39.2 Å². The van der Waals surface area contributed by atoms with Crippen molar-refractivity contribution < 1.29 is 4.42 Å². The zero-order chi connectivity index (χ0) is 12.7. The lowest BCUT2D eigenvalue weighted by Crippen LogP contribution is -2.19. The monoisotopic (exact) mass is 251 g/mol. The van der Waals surface area contributed by atoms with E-state index < -0.39 is 0 Å². The molecule has 0 aliphatic rings. The minimum absolute atomic E-state index is 0.343. The molecule has 17 heavy (non-hydrogen) atoms. The maximum Gasteiger partial charge on any atom is 0.177 e. The van der Waals surface area contributed by atoms with Crippen LogP contribution in [-0.2, 0) is 6.54 Å². The van der Waals surface area contributed by atoms with Gasteiger partial charge in [-0.25, -0.2) is 0 Å². The van der Waals surface area contributed by atoms with Crippen molar-refractivity contribution in [2.45, 2.75) is 39.0 Å². The van der Waals surface area contributed by atoms with Gasteiger partial charge in [0.15, 0.2) is 5.76 Å². The zero-order valence-electron chi connectivity index (χ0n) is 11.1. The van der Waals surface area contributed by atoms with E-state index in [0.717, 1.165) is 30.4 Å². The molecule has 0 aliphatic heterocycles. The van der Waals surface area contributed by atoms with Gasteiger partial charge < -0.3 is 9.73 Å². The number of hydrogen-bond donors (Lipinski definition) is 1. The van der Waals surface area contributed by atoms with Crippen LogP contribution in [0.15, 0.2) is 16.5 Å². The molecule has 0 aromatic carbocycles. The first-order valence-electron chi connectivity index (χ1n) is 5.87. The molecule has 1 aromatic rings. The van der Waals surface area contributed by atoms with Gasteiger partial charge in [0.05, 0.1) is 6.54 Å². The van der Waals surface area contributed by atoms with Crippen LogP contribution in [0.25, 0.3) is 0 Å². The second-order valence-corrected chi connectivity index (χ2v) is 6.70. The first kappa shape index (κ1) is 14.2. The van der Waals surface area contributed by atoms with Crippen LogP contribution in [-0.4, -0.2) is 17.0 Å². The number of furan rings is 1. The van der Waals surface area contributed by atoms with Crippen LogP contribution >= 0.6 is 11.8 Å². The number of thioether (sulfide) groups is 1. The second-order valence-electron chi connectivity index (χ2n) is 4.78. The van der Waals surface area contributed by atoms with Gasteiger partial charge in [-0.05, 0) is 25.0 Å². The van der Waals surface area contributed by atoms with Crippen LogP contribution in [0.3, 0.4) is 0 Å². The van der Waals surface area contributed by atoms with Gasteiger partial charge in [-0.15, -0.1) is 0 Å². The molecule has 0 aliphatic carbocycles.